The Bertz CT molecular complexity index is 554. The average molecular weight is 324 g/mol. The monoisotopic (exact) mass is 324 g/mol. The number of hydrogen-bond acceptors (Lipinski definition) is 4. The van der Waals surface area contributed by atoms with E-state index in [9.17, 15) is 19.1 Å². The van der Waals surface area contributed by atoms with Crippen LogP contribution in [0.1, 0.15) is 37.8 Å². The molecule has 1 aromatic carbocycles. The van der Waals surface area contributed by atoms with Crippen LogP contribution in [-0.4, -0.2) is 30.1 Å². The highest BCUT2D eigenvalue weighted by Gasteiger charge is 2.29. The van der Waals surface area contributed by atoms with Gasteiger partial charge in [0.05, 0.1) is 13.2 Å². The van der Waals surface area contributed by atoms with E-state index in [4.69, 9.17) is 4.74 Å². The van der Waals surface area contributed by atoms with Crippen molar-refractivity contribution >= 4 is 11.8 Å². The standard InChI is InChI=1S/C18H25FO4/c1-11(2)16(20)10-17(21)14(18(22)23-4)9-8-13-6-5-7-15(19)12(13)3/h5-7,11,14,16,20H,8-10H2,1-4H3. The first-order valence-electron chi connectivity index (χ1n) is 7.80. The number of aliphatic hydroxyl groups excluding tert-OH is 1. The molecule has 0 radical (unpaired) electrons. The molecule has 2 unspecified atom stereocenters. The molecule has 128 valence electrons. The zero-order valence-electron chi connectivity index (χ0n) is 14.1. The van der Waals surface area contributed by atoms with Gasteiger partial charge in [-0.3, -0.25) is 9.59 Å². The van der Waals surface area contributed by atoms with Gasteiger partial charge >= 0.3 is 5.97 Å². The number of carbonyl (C=O) groups excluding carboxylic acids is 2. The SMILES string of the molecule is COC(=O)C(CCc1cccc(F)c1C)C(=O)CC(O)C(C)C. The predicted octanol–water partition coefficient (Wildman–Crippen LogP) is 2.83. The molecule has 1 rings (SSSR count). The first kappa shape index (κ1) is 19.3. The van der Waals surface area contributed by atoms with Crippen LogP contribution in [0.3, 0.4) is 0 Å². The third-order valence-corrected chi connectivity index (χ3v) is 4.14. The molecule has 2 atom stereocenters. The van der Waals surface area contributed by atoms with Gasteiger partial charge in [0.15, 0.2) is 0 Å². The molecular weight excluding hydrogens is 299 g/mol. The van der Waals surface area contributed by atoms with Crippen molar-refractivity contribution in [3.63, 3.8) is 0 Å². The summed E-state index contributed by atoms with van der Waals surface area (Å²) >= 11 is 0. The minimum absolute atomic E-state index is 0.0669. The fourth-order valence-electron chi connectivity index (χ4n) is 2.36. The van der Waals surface area contributed by atoms with Gasteiger partial charge in [-0.15, -0.1) is 0 Å². The highest BCUT2D eigenvalue weighted by Crippen LogP contribution is 2.20. The molecule has 0 spiro atoms. The molecule has 0 aliphatic carbocycles. The van der Waals surface area contributed by atoms with Crippen LogP contribution in [0.5, 0.6) is 0 Å². The van der Waals surface area contributed by atoms with Gasteiger partial charge in [0, 0.05) is 6.42 Å². The number of Topliss-reactive ketones (excluding diaryl/α,β-unsaturated/α-hetero) is 1. The normalized spacial score (nSPS) is 13.7. The molecule has 0 saturated carbocycles. The first-order valence-corrected chi connectivity index (χ1v) is 7.80. The lowest BCUT2D eigenvalue weighted by Crippen LogP contribution is -2.30. The quantitative estimate of drug-likeness (QED) is 0.590. The van der Waals surface area contributed by atoms with E-state index in [1.165, 1.54) is 13.2 Å². The average Bonchev–Trinajstić information content (AvgIpc) is 2.50. The lowest BCUT2D eigenvalue weighted by atomic mass is 9.89. The maximum atomic E-state index is 13.6. The van der Waals surface area contributed by atoms with Gasteiger partial charge in [0.1, 0.15) is 17.5 Å². The van der Waals surface area contributed by atoms with Crippen LogP contribution in [0, 0.1) is 24.6 Å². The van der Waals surface area contributed by atoms with Crippen molar-refractivity contribution in [2.75, 3.05) is 7.11 Å². The molecule has 0 aliphatic rings. The Morgan fingerprint density at radius 2 is 1.96 bits per heavy atom. The second kappa shape index (κ2) is 8.77. The number of ketones is 1. The summed E-state index contributed by atoms with van der Waals surface area (Å²) in [5.41, 5.74) is 1.28. The molecule has 23 heavy (non-hydrogen) atoms. The Labute approximate surface area is 136 Å². The number of aryl methyl sites for hydroxylation is 1. The summed E-state index contributed by atoms with van der Waals surface area (Å²) in [4.78, 5) is 24.2. The highest BCUT2D eigenvalue weighted by molar-refractivity contribution is 5.99. The van der Waals surface area contributed by atoms with Crippen LogP contribution in [0.15, 0.2) is 18.2 Å². The third-order valence-electron chi connectivity index (χ3n) is 4.14. The number of methoxy groups -OCH3 is 1. The van der Waals surface area contributed by atoms with Crippen LogP contribution in [-0.2, 0) is 20.7 Å². The summed E-state index contributed by atoms with van der Waals surface area (Å²) in [6.45, 7) is 5.28. The first-order chi connectivity index (χ1) is 10.8. The van der Waals surface area contributed by atoms with Crippen LogP contribution in [0.25, 0.3) is 0 Å². The van der Waals surface area contributed by atoms with E-state index in [1.54, 1.807) is 32.9 Å². The molecule has 5 heteroatoms. The largest absolute Gasteiger partial charge is 0.468 e. The molecule has 0 aliphatic heterocycles. The smallest absolute Gasteiger partial charge is 0.316 e. The Morgan fingerprint density at radius 3 is 2.52 bits per heavy atom. The molecule has 0 fully saturated rings. The van der Waals surface area contributed by atoms with E-state index in [-0.39, 0.29) is 30.4 Å². The van der Waals surface area contributed by atoms with Crippen molar-refractivity contribution in [3.8, 4) is 0 Å². The molecule has 0 heterocycles. The Balaban J connectivity index is 2.81. The maximum Gasteiger partial charge on any atom is 0.316 e. The van der Waals surface area contributed by atoms with Gasteiger partial charge in [-0.25, -0.2) is 4.39 Å². The number of ether oxygens (including phenoxy) is 1. The van der Waals surface area contributed by atoms with Crippen molar-refractivity contribution in [1.29, 1.82) is 0 Å². The molecular formula is C18H25FO4. The number of aliphatic hydroxyl groups is 1. The molecule has 0 aromatic heterocycles. The van der Waals surface area contributed by atoms with Crippen molar-refractivity contribution in [2.24, 2.45) is 11.8 Å². The van der Waals surface area contributed by atoms with Crippen LogP contribution in [0.2, 0.25) is 0 Å². The van der Waals surface area contributed by atoms with Crippen molar-refractivity contribution < 1.29 is 23.8 Å². The minimum atomic E-state index is -0.934. The highest BCUT2D eigenvalue weighted by atomic mass is 19.1. The van der Waals surface area contributed by atoms with E-state index < -0.39 is 18.0 Å². The van der Waals surface area contributed by atoms with E-state index in [1.807, 2.05) is 0 Å². The van der Waals surface area contributed by atoms with E-state index in [0.29, 0.717) is 12.0 Å². The maximum absolute atomic E-state index is 13.6. The topological polar surface area (TPSA) is 63.6 Å². The van der Waals surface area contributed by atoms with Gasteiger partial charge in [-0.1, -0.05) is 26.0 Å². The van der Waals surface area contributed by atoms with Crippen molar-refractivity contribution in [3.05, 3.63) is 35.1 Å². The number of halogens is 1. The van der Waals surface area contributed by atoms with Gasteiger partial charge in [0.25, 0.3) is 0 Å². The molecule has 1 aromatic rings. The Hall–Kier alpha value is -1.75. The number of esters is 1. The number of benzene rings is 1. The van der Waals surface area contributed by atoms with Crippen LogP contribution < -0.4 is 0 Å². The van der Waals surface area contributed by atoms with Gasteiger partial charge in [-0.2, -0.15) is 0 Å². The summed E-state index contributed by atoms with van der Waals surface area (Å²) in [5, 5.41) is 9.84. The Kier molecular flexibility index (Phi) is 7.36. The summed E-state index contributed by atoms with van der Waals surface area (Å²) in [6, 6.07) is 4.76. The fourth-order valence-corrected chi connectivity index (χ4v) is 2.36. The van der Waals surface area contributed by atoms with Gasteiger partial charge in [-0.05, 0) is 42.9 Å². The number of hydrogen-bond donors (Lipinski definition) is 1. The van der Waals surface area contributed by atoms with E-state index in [0.717, 1.165) is 5.56 Å². The second-order valence-electron chi connectivity index (χ2n) is 6.12. The van der Waals surface area contributed by atoms with Crippen molar-refractivity contribution in [1.82, 2.24) is 0 Å². The van der Waals surface area contributed by atoms with E-state index in [2.05, 4.69) is 0 Å². The summed E-state index contributed by atoms with van der Waals surface area (Å²) in [5.74, 6) is -2.26. The molecule has 0 saturated heterocycles. The molecule has 0 bridgehead atoms. The molecule has 4 nitrogen and oxygen atoms in total. The van der Waals surface area contributed by atoms with Gasteiger partial charge < -0.3 is 9.84 Å². The summed E-state index contributed by atoms with van der Waals surface area (Å²) < 4.78 is 18.3. The lowest BCUT2D eigenvalue weighted by molar-refractivity contribution is -0.150. The zero-order chi connectivity index (χ0) is 17.6. The van der Waals surface area contributed by atoms with Crippen LogP contribution in [0.4, 0.5) is 4.39 Å². The predicted molar refractivity (Wildman–Crippen MR) is 85.4 cm³/mol. The van der Waals surface area contributed by atoms with Crippen molar-refractivity contribution in [2.45, 2.75) is 46.1 Å². The molecule has 1 N–H and O–H groups in total. The number of carbonyl (C=O) groups is 2. The fraction of sp³-hybridized carbons (Fsp3) is 0.556. The lowest BCUT2D eigenvalue weighted by Gasteiger charge is -2.18. The second-order valence-corrected chi connectivity index (χ2v) is 6.12. The minimum Gasteiger partial charge on any atom is -0.468 e. The Morgan fingerprint density at radius 1 is 1.30 bits per heavy atom. The summed E-state index contributed by atoms with van der Waals surface area (Å²) in [7, 11) is 1.23. The molecule has 0 amide bonds. The third kappa shape index (κ3) is 5.43. The van der Waals surface area contributed by atoms with E-state index >= 15 is 0 Å². The summed E-state index contributed by atoms with van der Waals surface area (Å²) in [6.07, 6.45) is -0.238. The number of rotatable bonds is 8. The van der Waals surface area contributed by atoms with Gasteiger partial charge in [0.2, 0.25) is 0 Å². The zero-order valence-corrected chi connectivity index (χ0v) is 14.1. The van der Waals surface area contributed by atoms with Crippen LogP contribution >= 0.6 is 0 Å².